The lowest BCUT2D eigenvalue weighted by atomic mass is 10.0. The summed E-state index contributed by atoms with van der Waals surface area (Å²) in [5.41, 5.74) is 14.0. The van der Waals surface area contributed by atoms with Crippen molar-refractivity contribution in [3.63, 3.8) is 0 Å². The van der Waals surface area contributed by atoms with E-state index in [1.165, 1.54) is 55.2 Å². The van der Waals surface area contributed by atoms with Crippen LogP contribution in [0.3, 0.4) is 0 Å². The maximum atomic E-state index is 2.44. The third kappa shape index (κ3) is 5.34. The van der Waals surface area contributed by atoms with E-state index in [2.05, 4.69) is 216 Å². The minimum absolute atomic E-state index is 1.09. The zero-order chi connectivity index (χ0) is 33.3. The van der Waals surface area contributed by atoms with Crippen molar-refractivity contribution in [1.29, 1.82) is 0 Å². The van der Waals surface area contributed by atoms with Crippen LogP contribution in [0.1, 0.15) is 0 Å². The maximum absolute atomic E-state index is 2.44. The Bertz CT molecular complexity index is 2470. The lowest BCUT2D eigenvalue weighted by Gasteiger charge is -2.27. The van der Waals surface area contributed by atoms with Crippen molar-refractivity contribution in [3.05, 3.63) is 206 Å². The molecule has 0 saturated heterocycles. The molecule has 0 N–H and O–H groups in total. The average Bonchev–Trinajstić information content (AvgIpc) is 3.54. The van der Waals surface area contributed by atoms with Crippen LogP contribution in [0.15, 0.2) is 206 Å². The Balaban J connectivity index is 1.22. The Morgan fingerprint density at radius 3 is 1.40 bits per heavy atom. The van der Waals surface area contributed by atoms with Crippen molar-refractivity contribution < 1.29 is 0 Å². The van der Waals surface area contributed by atoms with Gasteiger partial charge in [-0.1, -0.05) is 158 Å². The van der Waals surface area contributed by atoms with Crippen molar-refractivity contribution in [3.8, 4) is 39.1 Å². The number of fused-ring (bicyclic) bond motifs is 3. The molecule has 0 spiro atoms. The first-order valence-corrected chi connectivity index (χ1v) is 17.1. The molecule has 236 valence electrons. The number of anilines is 3. The van der Waals surface area contributed by atoms with Gasteiger partial charge in [0, 0.05) is 39.1 Å². The fourth-order valence-electron chi connectivity index (χ4n) is 7.22. The number of rotatable bonds is 7. The maximum Gasteiger partial charge on any atom is 0.0619 e. The fraction of sp³-hybridized carbons (Fsp3) is 0. The third-order valence-corrected chi connectivity index (χ3v) is 9.59. The Morgan fingerprint density at radius 2 is 0.800 bits per heavy atom. The highest BCUT2D eigenvalue weighted by atomic mass is 15.1. The second-order valence-electron chi connectivity index (χ2n) is 12.6. The van der Waals surface area contributed by atoms with Gasteiger partial charge in [-0.2, -0.15) is 0 Å². The van der Waals surface area contributed by atoms with Crippen LogP contribution < -0.4 is 4.90 Å². The molecule has 0 aliphatic carbocycles. The van der Waals surface area contributed by atoms with Gasteiger partial charge in [0.05, 0.1) is 11.0 Å². The molecule has 0 unspecified atom stereocenters. The number of para-hydroxylation sites is 2. The lowest BCUT2D eigenvalue weighted by molar-refractivity contribution is 1.17. The average molecular weight is 639 g/mol. The van der Waals surface area contributed by atoms with E-state index < -0.39 is 0 Å². The molecule has 8 aromatic carbocycles. The lowest BCUT2D eigenvalue weighted by Crippen LogP contribution is -2.10. The molecule has 9 rings (SSSR count). The van der Waals surface area contributed by atoms with Crippen LogP contribution in [-0.4, -0.2) is 4.57 Å². The smallest absolute Gasteiger partial charge is 0.0619 e. The van der Waals surface area contributed by atoms with Crippen LogP contribution in [0.25, 0.3) is 60.9 Å². The summed E-state index contributed by atoms with van der Waals surface area (Å²) in [7, 11) is 0. The molecule has 2 nitrogen and oxygen atoms in total. The van der Waals surface area contributed by atoms with Gasteiger partial charge in [0.15, 0.2) is 0 Å². The highest BCUT2D eigenvalue weighted by Crippen LogP contribution is 2.41. The molecule has 0 radical (unpaired) electrons. The molecule has 50 heavy (non-hydrogen) atoms. The molecular weight excluding hydrogens is 605 g/mol. The van der Waals surface area contributed by atoms with E-state index in [1.807, 2.05) is 0 Å². The van der Waals surface area contributed by atoms with E-state index in [-0.39, 0.29) is 0 Å². The van der Waals surface area contributed by atoms with Crippen molar-refractivity contribution in [2.75, 3.05) is 4.90 Å². The summed E-state index contributed by atoms with van der Waals surface area (Å²) in [6.45, 7) is 0. The molecule has 0 saturated carbocycles. The molecule has 2 heteroatoms. The van der Waals surface area contributed by atoms with Crippen molar-refractivity contribution in [2.45, 2.75) is 0 Å². The first-order chi connectivity index (χ1) is 24.8. The first kappa shape index (κ1) is 29.5. The molecule has 0 aliphatic rings. The highest BCUT2D eigenvalue weighted by molar-refractivity contribution is 6.13. The Morgan fingerprint density at radius 1 is 0.320 bits per heavy atom. The normalized spacial score (nSPS) is 11.2. The van der Waals surface area contributed by atoms with Gasteiger partial charge in [-0.3, -0.25) is 0 Å². The zero-order valence-electron chi connectivity index (χ0n) is 27.5. The van der Waals surface area contributed by atoms with Gasteiger partial charge in [0.1, 0.15) is 0 Å². The second-order valence-corrected chi connectivity index (χ2v) is 12.6. The Kier molecular flexibility index (Phi) is 7.53. The molecule has 0 fully saturated rings. The molecule has 0 bridgehead atoms. The van der Waals surface area contributed by atoms with Gasteiger partial charge in [-0.15, -0.1) is 0 Å². The van der Waals surface area contributed by atoms with Gasteiger partial charge < -0.3 is 9.47 Å². The SMILES string of the molecule is c1ccc(-c2ccc(N(c3ccc(-c4ccccc4)cc3)c3cccc(-n4c5ccccc5c5cccc(-c6ccccc6)c54)c3)cc2)cc1. The molecular formula is C48H34N2. The van der Waals surface area contributed by atoms with Gasteiger partial charge >= 0.3 is 0 Å². The molecule has 9 aromatic rings. The summed E-state index contributed by atoms with van der Waals surface area (Å²) >= 11 is 0. The minimum Gasteiger partial charge on any atom is -0.310 e. The fourth-order valence-corrected chi connectivity index (χ4v) is 7.22. The minimum atomic E-state index is 1.09. The molecule has 0 atom stereocenters. The van der Waals surface area contributed by atoms with Crippen LogP contribution in [0.2, 0.25) is 0 Å². The van der Waals surface area contributed by atoms with Crippen LogP contribution in [0, 0.1) is 0 Å². The quantitative estimate of drug-likeness (QED) is 0.169. The Labute approximate surface area is 292 Å². The summed E-state index contributed by atoms with van der Waals surface area (Å²) in [5, 5.41) is 2.49. The van der Waals surface area contributed by atoms with Crippen LogP contribution in [0.5, 0.6) is 0 Å². The number of hydrogen-bond acceptors (Lipinski definition) is 1. The number of nitrogens with zero attached hydrogens (tertiary/aromatic N) is 2. The predicted molar refractivity (Wildman–Crippen MR) is 212 cm³/mol. The zero-order valence-corrected chi connectivity index (χ0v) is 27.5. The summed E-state index contributed by atoms with van der Waals surface area (Å²) in [6, 6.07) is 74.0. The highest BCUT2D eigenvalue weighted by Gasteiger charge is 2.19. The second kappa shape index (κ2) is 12.8. The van der Waals surface area contributed by atoms with E-state index in [0.717, 1.165) is 22.7 Å². The third-order valence-electron chi connectivity index (χ3n) is 9.59. The van der Waals surface area contributed by atoms with Gasteiger partial charge in [0.2, 0.25) is 0 Å². The largest absolute Gasteiger partial charge is 0.310 e. The molecule has 0 aliphatic heterocycles. The summed E-state index contributed by atoms with van der Waals surface area (Å²) in [6.07, 6.45) is 0. The van der Waals surface area contributed by atoms with Crippen molar-refractivity contribution >= 4 is 38.9 Å². The van der Waals surface area contributed by atoms with Crippen LogP contribution >= 0.6 is 0 Å². The van der Waals surface area contributed by atoms with Crippen LogP contribution in [-0.2, 0) is 0 Å². The van der Waals surface area contributed by atoms with E-state index >= 15 is 0 Å². The van der Waals surface area contributed by atoms with Crippen LogP contribution in [0.4, 0.5) is 17.1 Å². The number of hydrogen-bond donors (Lipinski definition) is 0. The van der Waals surface area contributed by atoms with E-state index in [1.54, 1.807) is 0 Å². The first-order valence-electron chi connectivity index (χ1n) is 17.1. The monoisotopic (exact) mass is 638 g/mol. The number of benzene rings is 8. The molecule has 1 aromatic heterocycles. The molecule has 0 amide bonds. The standard InChI is InChI=1S/C48H34N2/c1-4-14-35(15-5-1)37-26-30-40(31-27-37)49(41-32-28-38(29-33-41)36-16-6-2-7-17-36)42-20-12-21-43(34-42)50-47-25-11-10-22-45(47)46-24-13-23-44(48(46)50)39-18-8-3-9-19-39/h1-34H. The summed E-state index contributed by atoms with van der Waals surface area (Å²) in [4.78, 5) is 2.36. The van der Waals surface area contributed by atoms with Gasteiger partial charge in [-0.05, 0) is 76.3 Å². The van der Waals surface area contributed by atoms with E-state index in [0.29, 0.717) is 0 Å². The molecule has 1 heterocycles. The van der Waals surface area contributed by atoms with Crippen molar-refractivity contribution in [2.24, 2.45) is 0 Å². The van der Waals surface area contributed by atoms with Crippen molar-refractivity contribution in [1.82, 2.24) is 4.57 Å². The number of aromatic nitrogens is 1. The summed E-state index contributed by atoms with van der Waals surface area (Å²) in [5.74, 6) is 0. The topological polar surface area (TPSA) is 8.17 Å². The van der Waals surface area contributed by atoms with E-state index in [9.17, 15) is 0 Å². The summed E-state index contributed by atoms with van der Waals surface area (Å²) < 4.78 is 2.44. The van der Waals surface area contributed by atoms with Gasteiger partial charge in [-0.25, -0.2) is 0 Å². The predicted octanol–water partition coefficient (Wildman–Crippen LogP) is 13.3. The van der Waals surface area contributed by atoms with E-state index in [4.69, 9.17) is 0 Å². The van der Waals surface area contributed by atoms with Gasteiger partial charge in [0.25, 0.3) is 0 Å². The Hall–Kier alpha value is -6.64.